The average Bonchev–Trinajstić information content (AvgIpc) is 2.62. The number of Topliss-reactive ketones (excluding diaryl/α,β-unsaturated/α-hetero) is 1. The van der Waals surface area contributed by atoms with Crippen molar-refractivity contribution in [1.29, 1.82) is 0 Å². The van der Waals surface area contributed by atoms with Gasteiger partial charge in [0.2, 0.25) is 5.78 Å². The third-order valence-electron chi connectivity index (χ3n) is 3.69. The van der Waals surface area contributed by atoms with E-state index < -0.39 is 0 Å². The first-order valence-corrected chi connectivity index (χ1v) is 8.98. The molecular formula is C22H21BrO. The molecule has 0 amide bonds. The molecule has 0 aromatic heterocycles. The van der Waals surface area contributed by atoms with Crippen molar-refractivity contribution in [2.45, 2.75) is 33.1 Å². The molecule has 0 heterocycles. The lowest BCUT2D eigenvalue weighted by Crippen LogP contribution is -2.02. The molecule has 1 nitrogen and oxygen atoms in total. The predicted molar refractivity (Wildman–Crippen MR) is 104 cm³/mol. The zero-order valence-electron chi connectivity index (χ0n) is 14.1. The van der Waals surface area contributed by atoms with Gasteiger partial charge in [0.1, 0.15) is 0 Å². The Bertz CT molecular complexity index is 774. The van der Waals surface area contributed by atoms with Crippen LogP contribution in [0.5, 0.6) is 0 Å². The normalized spacial score (nSPS) is 11.3. The number of ketones is 1. The van der Waals surface area contributed by atoms with Gasteiger partial charge in [-0.25, -0.2) is 0 Å². The van der Waals surface area contributed by atoms with Crippen molar-refractivity contribution in [3.63, 3.8) is 0 Å². The summed E-state index contributed by atoms with van der Waals surface area (Å²) in [4.78, 5) is 12.7. The van der Waals surface area contributed by atoms with Gasteiger partial charge in [-0.1, -0.05) is 73.2 Å². The minimum atomic E-state index is -0.0107. The monoisotopic (exact) mass is 380 g/mol. The lowest BCUT2D eigenvalue weighted by molar-refractivity contribution is 0.104. The molecular weight excluding hydrogens is 360 g/mol. The number of unbranched alkanes of at least 4 members (excludes halogenated alkanes) is 1. The highest BCUT2D eigenvalue weighted by Gasteiger charge is 2.13. The Morgan fingerprint density at radius 1 is 1.04 bits per heavy atom. The van der Waals surface area contributed by atoms with E-state index in [1.807, 2.05) is 61.5 Å². The van der Waals surface area contributed by atoms with E-state index in [0.29, 0.717) is 10.0 Å². The van der Waals surface area contributed by atoms with Gasteiger partial charge in [0.05, 0.1) is 4.48 Å². The fourth-order valence-electron chi connectivity index (χ4n) is 2.22. The molecule has 0 saturated carbocycles. The van der Waals surface area contributed by atoms with Gasteiger partial charge in [0.25, 0.3) is 0 Å². The average molecular weight is 381 g/mol. The van der Waals surface area contributed by atoms with Crippen LogP contribution >= 0.6 is 15.9 Å². The van der Waals surface area contributed by atoms with E-state index in [0.717, 1.165) is 36.0 Å². The van der Waals surface area contributed by atoms with Crippen LogP contribution in [-0.4, -0.2) is 5.78 Å². The molecule has 0 aliphatic rings. The molecule has 0 radical (unpaired) electrons. The summed E-state index contributed by atoms with van der Waals surface area (Å²) in [5.74, 6) is 6.34. The molecule has 24 heavy (non-hydrogen) atoms. The summed E-state index contributed by atoms with van der Waals surface area (Å²) < 4.78 is 0.572. The Labute approximate surface area is 152 Å². The molecule has 0 fully saturated rings. The molecule has 0 saturated heterocycles. The standard InChI is InChI=1S/C22H21BrO/c1-3-4-10-19(16-13-18-8-6-5-7-9-18)21(23)22(24)20-14-11-17(2)12-15-20/h5-9,11-12,14-15H,3-4,10H2,1-2H3/b21-19-. The van der Waals surface area contributed by atoms with Crippen molar-refractivity contribution in [3.05, 3.63) is 81.3 Å². The zero-order chi connectivity index (χ0) is 17.4. The van der Waals surface area contributed by atoms with Crippen molar-refractivity contribution in [2.75, 3.05) is 0 Å². The Hall–Kier alpha value is -2.11. The van der Waals surface area contributed by atoms with E-state index in [1.165, 1.54) is 0 Å². The summed E-state index contributed by atoms with van der Waals surface area (Å²) in [6.07, 6.45) is 2.87. The number of carbonyl (C=O) groups excluding carboxylic acids is 1. The molecule has 0 bridgehead atoms. The second-order valence-electron chi connectivity index (χ2n) is 5.71. The number of rotatable bonds is 5. The third kappa shape index (κ3) is 5.22. The van der Waals surface area contributed by atoms with E-state index in [2.05, 4.69) is 34.7 Å². The summed E-state index contributed by atoms with van der Waals surface area (Å²) in [5.41, 5.74) is 3.64. The van der Waals surface area contributed by atoms with Crippen LogP contribution in [0.4, 0.5) is 0 Å². The topological polar surface area (TPSA) is 17.1 Å². The van der Waals surface area contributed by atoms with Gasteiger partial charge in [-0.3, -0.25) is 4.79 Å². The number of allylic oxidation sites excluding steroid dienone is 2. The molecule has 0 unspecified atom stereocenters. The molecule has 122 valence electrons. The first-order chi connectivity index (χ1) is 11.6. The highest BCUT2D eigenvalue weighted by molar-refractivity contribution is 9.12. The molecule has 0 atom stereocenters. The van der Waals surface area contributed by atoms with Crippen LogP contribution in [0.2, 0.25) is 0 Å². The van der Waals surface area contributed by atoms with Gasteiger partial charge in [-0.05, 0) is 47.8 Å². The fraction of sp³-hybridized carbons (Fsp3) is 0.227. The van der Waals surface area contributed by atoms with E-state index in [-0.39, 0.29) is 5.78 Å². The summed E-state index contributed by atoms with van der Waals surface area (Å²) in [6, 6.07) is 17.5. The summed E-state index contributed by atoms with van der Waals surface area (Å²) in [5, 5.41) is 0. The Balaban J connectivity index is 2.33. The summed E-state index contributed by atoms with van der Waals surface area (Å²) in [6.45, 7) is 4.15. The van der Waals surface area contributed by atoms with Crippen molar-refractivity contribution in [1.82, 2.24) is 0 Å². The van der Waals surface area contributed by atoms with Crippen molar-refractivity contribution >= 4 is 21.7 Å². The lowest BCUT2D eigenvalue weighted by atomic mass is 10.0. The predicted octanol–water partition coefficient (Wildman–Crippen LogP) is 6.07. The lowest BCUT2D eigenvalue weighted by Gasteiger charge is -2.05. The van der Waals surface area contributed by atoms with Crippen LogP contribution < -0.4 is 0 Å². The number of hydrogen-bond acceptors (Lipinski definition) is 1. The number of benzene rings is 2. The maximum Gasteiger partial charge on any atom is 0.200 e. The second-order valence-corrected chi connectivity index (χ2v) is 6.50. The summed E-state index contributed by atoms with van der Waals surface area (Å²) in [7, 11) is 0. The van der Waals surface area contributed by atoms with Crippen LogP contribution in [0.1, 0.15) is 47.7 Å². The van der Waals surface area contributed by atoms with Gasteiger partial charge in [0.15, 0.2) is 0 Å². The van der Waals surface area contributed by atoms with E-state index >= 15 is 0 Å². The zero-order valence-corrected chi connectivity index (χ0v) is 15.7. The maximum atomic E-state index is 12.7. The summed E-state index contributed by atoms with van der Waals surface area (Å²) >= 11 is 3.50. The first kappa shape index (κ1) is 18.2. The highest BCUT2D eigenvalue weighted by atomic mass is 79.9. The molecule has 0 N–H and O–H groups in total. The van der Waals surface area contributed by atoms with Crippen molar-refractivity contribution in [3.8, 4) is 11.8 Å². The molecule has 2 heteroatoms. The largest absolute Gasteiger partial charge is 0.288 e. The Kier molecular flexibility index (Phi) is 7.03. The van der Waals surface area contributed by atoms with E-state index in [1.54, 1.807) is 0 Å². The van der Waals surface area contributed by atoms with Gasteiger partial charge in [0, 0.05) is 16.7 Å². The molecule has 0 aliphatic heterocycles. The number of hydrogen-bond donors (Lipinski definition) is 0. The van der Waals surface area contributed by atoms with Crippen molar-refractivity contribution < 1.29 is 4.79 Å². The molecule has 2 rings (SSSR count). The maximum absolute atomic E-state index is 12.7. The van der Waals surface area contributed by atoms with Crippen LogP contribution in [0.15, 0.2) is 64.7 Å². The van der Waals surface area contributed by atoms with Gasteiger partial charge in [-0.15, -0.1) is 0 Å². The van der Waals surface area contributed by atoms with Crippen molar-refractivity contribution in [2.24, 2.45) is 0 Å². The van der Waals surface area contributed by atoms with E-state index in [4.69, 9.17) is 0 Å². The molecule has 0 spiro atoms. The Morgan fingerprint density at radius 2 is 1.71 bits per heavy atom. The highest BCUT2D eigenvalue weighted by Crippen LogP contribution is 2.22. The number of carbonyl (C=O) groups is 1. The SMILES string of the molecule is CCCC/C(C#Cc1ccccc1)=C(/Br)C(=O)c1ccc(C)cc1. The van der Waals surface area contributed by atoms with Gasteiger partial charge in [-0.2, -0.15) is 0 Å². The first-order valence-electron chi connectivity index (χ1n) is 8.19. The van der Waals surface area contributed by atoms with Gasteiger partial charge < -0.3 is 0 Å². The molecule has 2 aromatic carbocycles. The van der Waals surface area contributed by atoms with Crippen LogP contribution in [0.25, 0.3) is 0 Å². The Morgan fingerprint density at radius 3 is 2.33 bits per heavy atom. The number of halogens is 1. The van der Waals surface area contributed by atoms with Crippen LogP contribution in [0, 0.1) is 18.8 Å². The quantitative estimate of drug-likeness (QED) is 0.349. The van der Waals surface area contributed by atoms with E-state index in [9.17, 15) is 4.79 Å². The second kappa shape index (κ2) is 9.25. The molecule has 2 aromatic rings. The van der Waals surface area contributed by atoms with Crippen LogP contribution in [-0.2, 0) is 0 Å². The minimum Gasteiger partial charge on any atom is -0.288 e. The third-order valence-corrected chi connectivity index (χ3v) is 4.53. The van der Waals surface area contributed by atoms with Gasteiger partial charge >= 0.3 is 0 Å². The number of aryl methyl sites for hydroxylation is 1. The minimum absolute atomic E-state index is 0.0107. The fourth-order valence-corrected chi connectivity index (χ4v) is 2.74. The van der Waals surface area contributed by atoms with Crippen LogP contribution in [0.3, 0.4) is 0 Å². The smallest absolute Gasteiger partial charge is 0.200 e. The molecule has 0 aliphatic carbocycles.